The molecule has 1 aliphatic carbocycles. The molecule has 2 aliphatic heterocycles. The van der Waals surface area contributed by atoms with E-state index < -0.39 is 0 Å². The summed E-state index contributed by atoms with van der Waals surface area (Å²) in [6.07, 6.45) is 6.76. The second kappa shape index (κ2) is 14.5. The summed E-state index contributed by atoms with van der Waals surface area (Å²) in [6, 6.07) is 39.5. The lowest BCUT2D eigenvalue weighted by Gasteiger charge is -2.34. The zero-order valence-electron chi connectivity index (χ0n) is 29.1. The van der Waals surface area contributed by atoms with Gasteiger partial charge in [0.15, 0.2) is 0 Å². The number of pyridine rings is 1. The Morgan fingerprint density at radius 3 is 2.39 bits per heavy atom. The quantitative estimate of drug-likeness (QED) is 0.146. The van der Waals surface area contributed by atoms with Gasteiger partial charge in [0, 0.05) is 61.5 Å². The largest absolute Gasteiger partial charge is 0.508 e. The van der Waals surface area contributed by atoms with Crippen LogP contribution in [0, 0.1) is 5.41 Å². The number of nitrogens with zero attached hydrogens (tertiary/aromatic N) is 3. The lowest BCUT2D eigenvalue weighted by Crippen LogP contribution is -2.31. The average Bonchev–Trinajstić information content (AvgIpc) is 3.81. The monoisotopic (exact) mass is 678 g/mol. The summed E-state index contributed by atoms with van der Waals surface area (Å²) in [5.41, 5.74) is 7.31. The van der Waals surface area contributed by atoms with E-state index in [-0.39, 0.29) is 17.2 Å². The number of aromatic nitrogens is 1. The van der Waals surface area contributed by atoms with Crippen molar-refractivity contribution < 1.29 is 14.6 Å². The first-order valence-corrected chi connectivity index (χ1v) is 18.4. The van der Waals surface area contributed by atoms with Crippen LogP contribution in [0.3, 0.4) is 0 Å². The third kappa shape index (κ3) is 7.16. The van der Waals surface area contributed by atoms with Crippen LogP contribution in [0.2, 0.25) is 0 Å². The Bertz CT molecular complexity index is 1950. The van der Waals surface area contributed by atoms with Gasteiger partial charge in [-0.05, 0) is 109 Å². The normalized spacial score (nSPS) is 21.1. The molecule has 2 saturated heterocycles. The van der Waals surface area contributed by atoms with Crippen molar-refractivity contribution in [3.05, 3.63) is 149 Å². The van der Waals surface area contributed by atoms with Crippen LogP contribution < -0.4 is 19.9 Å². The SMILES string of the molecule is O=C(NCCCOc1ccc([C@@H]2c3ccc(O)cc3CC[C@@H]2c2ccccc2)cc1)c1ccnc(N2CCC3(CCN(c4ccccc4)C3)C2)c1. The second-order valence-electron chi connectivity index (χ2n) is 14.5. The summed E-state index contributed by atoms with van der Waals surface area (Å²) >= 11 is 0. The topological polar surface area (TPSA) is 77.9 Å². The summed E-state index contributed by atoms with van der Waals surface area (Å²) < 4.78 is 6.10. The predicted molar refractivity (Wildman–Crippen MR) is 203 cm³/mol. The Hall–Kier alpha value is -5.30. The van der Waals surface area contributed by atoms with Crippen LogP contribution in [-0.2, 0) is 6.42 Å². The van der Waals surface area contributed by atoms with Crippen molar-refractivity contribution in [2.24, 2.45) is 5.41 Å². The summed E-state index contributed by atoms with van der Waals surface area (Å²) in [7, 11) is 0. The third-order valence-corrected chi connectivity index (χ3v) is 11.3. The van der Waals surface area contributed by atoms with Gasteiger partial charge < -0.3 is 25.0 Å². The van der Waals surface area contributed by atoms with Crippen molar-refractivity contribution in [3.63, 3.8) is 0 Å². The van der Waals surface area contributed by atoms with Gasteiger partial charge in [-0.25, -0.2) is 4.98 Å². The molecule has 1 spiro atoms. The van der Waals surface area contributed by atoms with Crippen molar-refractivity contribution in [2.45, 2.75) is 43.9 Å². The van der Waals surface area contributed by atoms with Crippen LogP contribution in [0.15, 0.2) is 121 Å². The van der Waals surface area contributed by atoms with Gasteiger partial charge in [-0.1, -0.05) is 66.7 Å². The minimum Gasteiger partial charge on any atom is -0.508 e. The molecule has 5 aromatic rings. The first-order chi connectivity index (χ1) is 25.0. The van der Waals surface area contributed by atoms with E-state index in [1.54, 1.807) is 18.3 Å². The number of aryl methyl sites for hydroxylation is 1. The Kier molecular flexibility index (Phi) is 9.35. The third-order valence-electron chi connectivity index (χ3n) is 11.3. The fraction of sp³-hybridized carbons (Fsp3) is 0.318. The molecule has 8 rings (SSSR count). The van der Waals surface area contributed by atoms with E-state index in [0.29, 0.717) is 36.8 Å². The maximum Gasteiger partial charge on any atom is 0.251 e. The van der Waals surface area contributed by atoms with Crippen LogP contribution in [0.25, 0.3) is 0 Å². The molecular weight excluding hydrogens is 633 g/mol. The number of fused-ring (bicyclic) bond motifs is 1. The number of carbonyl (C=O) groups excluding carboxylic acids is 1. The summed E-state index contributed by atoms with van der Waals surface area (Å²) in [4.78, 5) is 22.6. The smallest absolute Gasteiger partial charge is 0.251 e. The first kappa shape index (κ1) is 32.9. The zero-order valence-corrected chi connectivity index (χ0v) is 29.1. The number of ether oxygens (including phenoxy) is 1. The Balaban J connectivity index is 0.830. The summed E-state index contributed by atoms with van der Waals surface area (Å²) in [6.45, 7) is 5.12. The number of phenols is 1. The summed E-state index contributed by atoms with van der Waals surface area (Å²) in [5, 5.41) is 13.2. The number of hydrogen-bond acceptors (Lipinski definition) is 6. The van der Waals surface area contributed by atoms with Gasteiger partial charge in [0.05, 0.1) is 6.61 Å². The highest BCUT2D eigenvalue weighted by Gasteiger charge is 2.44. The molecule has 0 radical (unpaired) electrons. The van der Waals surface area contributed by atoms with E-state index in [1.165, 1.54) is 34.4 Å². The van der Waals surface area contributed by atoms with Crippen LogP contribution >= 0.6 is 0 Å². The molecule has 7 heteroatoms. The summed E-state index contributed by atoms with van der Waals surface area (Å²) in [5.74, 6) is 2.51. The fourth-order valence-electron chi connectivity index (χ4n) is 8.61. The van der Waals surface area contributed by atoms with Crippen molar-refractivity contribution in [1.29, 1.82) is 0 Å². The molecule has 51 heavy (non-hydrogen) atoms. The van der Waals surface area contributed by atoms with Crippen LogP contribution in [0.5, 0.6) is 11.5 Å². The number of carbonyl (C=O) groups is 1. The van der Waals surface area contributed by atoms with Gasteiger partial charge in [0.2, 0.25) is 0 Å². The number of aromatic hydroxyl groups is 1. The number of hydrogen-bond donors (Lipinski definition) is 2. The molecule has 2 N–H and O–H groups in total. The second-order valence-corrected chi connectivity index (χ2v) is 14.5. The molecule has 4 aromatic carbocycles. The number of benzene rings is 4. The molecule has 0 bridgehead atoms. The molecule has 7 nitrogen and oxygen atoms in total. The minimum atomic E-state index is -0.0814. The Morgan fingerprint density at radius 1 is 0.843 bits per heavy atom. The first-order valence-electron chi connectivity index (χ1n) is 18.4. The van der Waals surface area contributed by atoms with Crippen molar-refractivity contribution in [2.75, 3.05) is 49.1 Å². The van der Waals surface area contributed by atoms with Crippen molar-refractivity contribution in [1.82, 2.24) is 10.3 Å². The number of amides is 1. The molecule has 260 valence electrons. The standard InChI is InChI=1S/C44H46N4O3/c49-37-15-19-40-34(28-37)14-18-39(32-8-3-1-4-9-32)42(40)33-12-16-38(17-13-33)51-27-7-23-46-43(50)35-20-24-45-41(29-35)48-26-22-44(31-48)21-25-47(30-44)36-10-5-2-6-11-36/h1-6,8-13,15-17,19-20,24,28-29,39,42,49H,7,14,18,21-23,25-27,30-31H2,(H,46,50)/t39-,42+,44?/m1/s1. The number of anilines is 2. The molecular formula is C44H46N4O3. The molecule has 1 aromatic heterocycles. The zero-order chi connectivity index (χ0) is 34.6. The minimum absolute atomic E-state index is 0.0814. The highest BCUT2D eigenvalue weighted by atomic mass is 16.5. The van der Waals surface area contributed by atoms with E-state index in [9.17, 15) is 9.90 Å². The van der Waals surface area contributed by atoms with Gasteiger partial charge in [-0.3, -0.25) is 4.79 Å². The highest BCUT2D eigenvalue weighted by molar-refractivity contribution is 5.94. The fourth-order valence-corrected chi connectivity index (χ4v) is 8.61. The highest BCUT2D eigenvalue weighted by Crippen LogP contribution is 2.47. The van der Waals surface area contributed by atoms with Gasteiger partial charge in [0.1, 0.15) is 17.3 Å². The van der Waals surface area contributed by atoms with Crippen molar-refractivity contribution >= 4 is 17.4 Å². The molecule has 2 fully saturated rings. The van der Waals surface area contributed by atoms with Crippen molar-refractivity contribution in [3.8, 4) is 11.5 Å². The van der Waals surface area contributed by atoms with Crippen LogP contribution in [0.4, 0.5) is 11.5 Å². The van der Waals surface area contributed by atoms with Gasteiger partial charge >= 0.3 is 0 Å². The number of nitrogens with one attached hydrogen (secondary N) is 1. The molecule has 3 atom stereocenters. The van der Waals surface area contributed by atoms with Gasteiger partial charge in [-0.15, -0.1) is 0 Å². The maximum absolute atomic E-state index is 13.1. The number of para-hydroxylation sites is 1. The average molecular weight is 679 g/mol. The number of phenolic OH excluding ortho intramolecular Hbond substituents is 1. The molecule has 1 unspecified atom stereocenters. The van der Waals surface area contributed by atoms with E-state index in [4.69, 9.17) is 4.74 Å². The predicted octanol–water partition coefficient (Wildman–Crippen LogP) is 7.95. The molecule has 3 aliphatic rings. The van der Waals surface area contributed by atoms with E-state index >= 15 is 0 Å². The van der Waals surface area contributed by atoms with E-state index in [0.717, 1.165) is 57.0 Å². The van der Waals surface area contributed by atoms with Gasteiger partial charge in [-0.2, -0.15) is 0 Å². The van der Waals surface area contributed by atoms with Gasteiger partial charge in [0.25, 0.3) is 5.91 Å². The maximum atomic E-state index is 13.1. The Labute approximate surface area is 300 Å². The molecule has 1 amide bonds. The lowest BCUT2D eigenvalue weighted by atomic mass is 9.69. The molecule has 0 saturated carbocycles. The molecule has 3 heterocycles. The van der Waals surface area contributed by atoms with Crippen LogP contribution in [0.1, 0.15) is 70.1 Å². The van der Waals surface area contributed by atoms with E-state index in [1.807, 2.05) is 12.1 Å². The van der Waals surface area contributed by atoms with Crippen LogP contribution in [-0.4, -0.2) is 55.3 Å². The number of rotatable bonds is 10. The lowest BCUT2D eigenvalue weighted by molar-refractivity contribution is 0.0951. The van der Waals surface area contributed by atoms with E-state index in [2.05, 4.69) is 111 Å². The Morgan fingerprint density at radius 2 is 1.59 bits per heavy atom.